The summed E-state index contributed by atoms with van der Waals surface area (Å²) in [6.07, 6.45) is 3.22. The van der Waals surface area contributed by atoms with E-state index in [0.29, 0.717) is 28.1 Å². The molecule has 4 heterocycles. The molecule has 4 aromatic heterocycles. The maximum atomic E-state index is 13.4. The molecule has 7 heteroatoms. The monoisotopic (exact) mass is 472 g/mol. The molecular weight excluding hydrogens is 452 g/mol. The summed E-state index contributed by atoms with van der Waals surface area (Å²) in [5.41, 5.74) is 3.76. The fourth-order valence-corrected chi connectivity index (χ4v) is 4.24. The van der Waals surface area contributed by atoms with Crippen molar-refractivity contribution < 1.29 is 9.21 Å². The summed E-state index contributed by atoms with van der Waals surface area (Å²) in [6.45, 7) is 1.87. The minimum absolute atomic E-state index is 0.147. The van der Waals surface area contributed by atoms with Gasteiger partial charge < -0.3 is 14.7 Å². The number of benzene rings is 2. The van der Waals surface area contributed by atoms with Crippen LogP contribution in [0.15, 0.2) is 100 Å². The Labute approximate surface area is 205 Å². The smallest absolute Gasteiger partial charge is 0.255 e. The number of anilines is 1. The van der Waals surface area contributed by atoms with E-state index in [2.05, 4.69) is 15.3 Å². The van der Waals surface area contributed by atoms with Gasteiger partial charge in [-0.05, 0) is 61.0 Å². The number of amides is 1. The van der Waals surface area contributed by atoms with Gasteiger partial charge in [-0.15, -0.1) is 0 Å². The molecule has 2 N–H and O–H groups in total. The number of hydrogen-bond donors (Lipinski definition) is 2. The number of aromatic nitrogens is 3. The molecule has 0 aliphatic heterocycles. The predicted molar refractivity (Wildman–Crippen MR) is 140 cm³/mol. The van der Waals surface area contributed by atoms with E-state index < -0.39 is 0 Å². The average Bonchev–Trinajstić information content (AvgIpc) is 3.36. The van der Waals surface area contributed by atoms with Gasteiger partial charge in [0.2, 0.25) is 5.43 Å². The van der Waals surface area contributed by atoms with Gasteiger partial charge in [-0.3, -0.25) is 14.6 Å². The number of furan rings is 1. The molecule has 0 unspecified atom stereocenters. The highest BCUT2D eigenvalue weighted by atomic mass is 16.3. The van der Waals surface area contributed by atoms with Gasteiger partial charge in [0.15, 0.2) is 5.76 Å². The fraction of sp³-hybridized carbons (Fsp3) is 0.0345. The molecule has 0 aliphatic carbocycles. The highest BCUT2D eigenvalue weighted by Crippen LogP contribution is 2.34. The number of rotatable bonds is 4. The minimum atomic E-state index is -0.363. The SMILES string of the molecule is Cc1ccc(-c2nc3[nH]cc(NC(=O)c4ccccc4)c(=O)c3cc2-c2ccc3ncccc3c2)o1. The second kappa shape index (κ2) is 8.63. The predicted octanol–water partition coefficient (Wildman–Crippen LogP) is 5.96. The molecule has 0 spiro atoms. The molecule has 0 saturated carbocycles. The third kappa shape index (κ3) is 3.82. The Kier molecular flexibility index (Phi) is 5.15. The van der Waals surface area contributed by atoms with Gasteiger partial charge in [-0.1, -0.05) is 30.3 Å². The number of fused-ring (bicyclic) bond motifs is 2. The van der Waals surface area contributed by atoms with Crippen LogP contribution in [0.2, 0.25) is 0 Å². The maximum absolute atomic E-state index is 13.4. The van der Waals surface area contributed by atoms with Crippen molar-refractivity contribution in [1.82, 2.24) is 15.0 Å². The van der Waals surface area contributed by atoms with Gasteiger partial charge in [-0.25, -0.2) is 4.98 Å². The highest BCUT2D eigenvalue weighted by Gasteiger charge is 2.18. The molecule has 7 nitrogen and oxygen atoms in total. The standard InChI is InChI=1S/C29H20N4O3/c1-17-9-12-25(36-17)26-21(19-10-11-23-20(14-19)8-5-13-30-23)15-22-27(34)24(16-31-28(22)33-26)32-29(35)18-6-3-2-4-7-18/h2-16H,1H3,(H,32,35)(H,31,33,34). The third-order valence-electron chi connectivity index (χ3n) is 6.04. The van der Waals surface area contributed by atoms with Crippen LogP contribution in [-0.2, 0) is 0 Å². The fourth-order valence-electron chi connectivity index (χ4n) is 4.24. The van der Waals surface area contributed by atoms with Crippen LogP contribution in [0.4, 0.5) is 5.69 Å². The summed E-state index contributed by atoms with van der Waals surface area (Å²) in [5.74, 6) is 0.990. The average molecular weight is 473 g/mol. The van der Waals surface area contributed by atoms with Gasteiger partial charge in [0.05, 0.1) is 10.9 Å². The van der Waals surface area contributed by atoms with E-state index in [0.717, 1.165) is 27.8 Å². The summed E-state index contributed by atoms with van der Waals surface area (Å²) in [4.78, 5) is 38.3. The first-order valence-electron chi connectivity index (χ1n) is 11.4. The first kappa shape index (κ1) is 21.5. The minimum Gasteiger partial charge on any atom is -0.460 e. The number of aromatic amines is 1. The summed E-state index contributed by atoms with van der Waals surface area (Å²) in [7, 11) is 0. The van der Waals surface area contributed by atoms with Crippen LogP contribution in [0.5, 0.6) is 0 Å². The van der Waals surface area contributed by atoms with Crippen LogP contribution in [0.3, 0.4) is 0 Å². The zero-order valence-electron chi connectivity index (χ0n) is 19.3. The van der Waals surface area contributed by atoms with E-state index in [4.69, 9.17) is 9.40 Å². The van der Waals surface area contributed by atoms with Crippen LogP contribution in [0.1, 0.15) is 16.1 Å². The zero-order valence-corrected chi connectivity index (χ0v) is 19.3. The van der Waals surface area contributed by atoms with Crippen molar-refractivity contribution in [1.29, 1.82) is 0 Å². The molecule has 174 valence electrons. The Morgan fingerprint density at radius 1 is 0.972 bits per heavy atom. The van der Waals surface area contributed by atoms with E-state index in [1.54, 1.807) is 36.5 Å². The molecule has 0 saturated heterocycles. The molecule has 0 bridgehead atoms. The van der Waals surface area contributed by atoms with Gasteiger partial charge >= 0.3 is 0 Å². The Hall–Kier alpha value is -5.04. The number of H-pyrrole nitrogens is 1. The van der Waals surface area contributed by atoms with Crippen molar-refractivity contribution in [2.24, 2.45) is 0 Å². The van der Waals surface area contributed by atoms with Crippen molar-refractivity contribution in [3.63, 3.8) is 0 Å². The van der Waals surface area contributed by atoms with Crippen LogP contribution in [0, 0.1) is 6.92 Å². The summed E-state index contributed by atoms with van der Waals surface area (Å²) in [5, 5.41) is 4.04. The Morgan fingerprint density at radius 2 is 1.83 bits per heavy atom. The second-order valence-electron chi connectivity index (χ2n) is 8.45. The number of aryl methyl sites for hydroxylation is 1. The summed E-state index contributed by atoms with van der Waals surface area (Å²) >= 11 is 0. The third-order valence-corrected chi connectivity index (χ3v) is 6.04. The second-order valence-corrected chi connectivity index (χ2v) is 8.45. The molecule has 0 fully saturated rings. The molecule has 6 aromatic rings. The highest BCUT2D eigenvalue weighted by molar-refractivity contribution is 6.05. The van der Waals surface area contributed by atoms with E-state index in [1.165, 1.54) is 6.20 Å². The molecule has 36 heavy (non-hydrogen) atoms. The topological polar surface area (TPSA) is 101 Å². The Balaban J connectivity index is 1.53. The first-order chi connectivity index (χ1) is 17.6. The van der Waals surface area contributed by atoms with Crippen molar-refractivity contribution in [2.45, 2.75) is 6.92 Å². The molecule has 0 atom stereocenters. The van der Waals surface area contributed by atoms with E-state index >= 15 is 0 Å². The number of pyridine rings is 3. The lowest BCUT2D eigenvalue weighted by molar-refractivity contribution is 0.102. The Morgan fingerprint density at radius 3 is 2.64 bits per heavy atom. The number of nitrogens with zero attached hydrogens (tertiary/aromatic N) is 2. The van der Waals surface area contributed by atoms with Crippen molar-refractivity contribution in [3.05, 3.63) is 113 Å². The Bertz CT molecular complexity index is 1820. The number of nitrogens with one attached hydrogen (secondary N) is 2. The first-order valence-corrected chi connectivity index (χ1v) is 11.4. The van der Waals surface area contributed by atoms with E-state index in [9.17, 15) is 9.59 Å². The number of hydrogen-bond acceptors (Lipinski definition) is 5. The largest absolute Gasteiger partial charge is 0.460 e. The normalized spacial score (nSPS) is 11.1. The lowest BCUT2D eigenvalue weighted by Crippen LogP contribution is -2.19. The lowest BCUT2D eigenvalue weighted by Gasteiger charge is -2.11. The summed E-state index contributed by atoms with van der Waals surface area (Å²) < 4.78 is 5.90. The van der Waals surface area contributed by atoms with Gasteiger partial charge in [0, 0.05) is 28.9 Å². The molecule has 0 aliphatic rings. The van der Waals surface area contributed by atoms with E-state index in [1.807, 2.05) is 55.5 Å². The van der Waals surface area contributed by atoms with Crippen LogP contribution in [0.25, 0.3) is 44.5 Å². The van der Waals surface area contributed by atoms with E-state index in [-0.39, 0.29) is 17.0 Å². The molecular formula is C29H20N4O3. The molecule has 0 radical (unpaired) electrons. The lowest BCUT2D eigenvalue weighted by atomic mass is 9.99. The van der Waals surface area contributed by atoms with Gasteiger partial charge in [0.25, 0.3) is 5.91 Å². The van der Waals surface area contributed by atoms with Crippen molar-refractivity contribution in [2.75, 3.05) is 5.32 Å². The molecule has 2 aromatic carbocycles. The number of carbonyl (C=O) groups is 1. The number of carbonyl (C=O) groups excluding carboxylic acids is 1. The summed E-state index contributed by atoms with van der Waals surface area (Å²) in [6, 6.07) is 24.1. The van der Waals surface area contributed by atoms with Crippen LogP contribution < -0.4 is 10.7 Å². The van der Waals surface area contributed by atoms with Gasteiger partial charge in [0.1, 0.15) is 22.8 Å². The van der Waals surface area contributed by atoms with Crippen LogP contribution >= 0.6 is 0 Å². The maximum Gasteiger partial charge on any atom is 0.255 e. The quantitative estimate of drug-likeness (QED) is 0.330. The zero-order chi connectivity index (χ0) is 24.6. The molecule has 1 amide bonds. The van der Waals surface area contributed by atoms with Crippen LogP contribution in [-0.4, -0.2) is 20.9 Å². The van der Waals surface area contributed by atoms with Crippen molar-refractivity contribution >= 4 is 33.5 Å². The van der Waals surface area contributed by atoms with Gasteiger partial charge in [-0.2, -0.15) is 0 Å². The molecule has 6 rings (SSSR count). The van der Waals surface area contributed by atoms with Crippen molar-refractivity contribution in [3.8, 4) is 22.6 Å².